The molecular weight excluding hydrogens is 292 g/mol. The Morgan fingerprint density at radius 2 is 0.917 bits per heavy atom. The van der Waals surface area contributed by atoms with E-state index in [-0.39, 0.29) is 0 Å². The minimum absolute atomic E-state index is 1.19. The monoisotopic (exact) mass is 338 g/mol. The first-order valence-electron chi connectivity index (χ1n) is 11.4. The predicted octanol–water partition coefficient (Wildman–Crippen LogP) is 6.15. The Labute approximate surface area is 153 Å². The molecule has 1 fully saturated rings. The van der Waals surface area contributed by atoms with Crippen LogP contribution in [0, 0.1) is 0 Å². The van der Waals surface area contributed by atoms with Crippen LogP contribution in [-0.4, -0.2) is 37.6 Å². The maximum Gasteiger partial charge on any atom is 0.0107 e. The number of rotatable bonds is 17. The molecule has 1 saturated heterocycles. The lowest BCUT2D eigenvalue weighted by molar-refractivity contribution is 0.236. The molecule has 0 saturated carbocycles. The van der Waals surface area contributed by atoms with Gasteiger partial charge in [-0.2, -0.15) is 0 Å². The van der Waals surface area contributed by atoms with Crippen molar-refractivity contribution in [3.05, 3.63) is 0 Å². The number of hydrogen-bond acceptors (Lipinski definition) is 2. The van der Waals surface area contributed by atoms with E-state index < -0.39 is 0 Å². The van der Waals surface area contributed by atoms with Gasteiger partial charge >= 0.3 is 0 Å². The molecule has 1 N–H and O–H groups in total. The number of unbranched alkanes of at least 4 members (excludes halogenated alkanes) is 15. The zero-order valence-corrected chi connectivity index (χ0v) is 16.8. The Morgan fingerprint density at radius 3 is 1.33 bits per heavy atom. The van der Waals surface area contributed by atoms with E-state index in [1.54, 1.807) is 0 Å². The molecule has 0 radical (unpaired) electrons. The summed E-state index contributed by atoms with van der Waals surface area (Å²) in [5.41, 5.74) is 0. The molecule has 2 nitrogen and oxygen atoms in total. The molecule has 144 valence electrons. The van der Waals surface area contributed by atoms with Crippen LogP contribution in [0.3, 0.4) is 0 Å². The highest BCUT2D eigenvalue weighted by atomic mass is 15.2. The fourth-order valence-electron chi connectivity index (χ4n) is 3.82. The van der Waals surface area contributed by atoms with E-state index in [1.165, 1.54) is 135 Å². The molecule has 0 amide bonds. The quantitative estimate of drug-likeness (QED) is 0.320. The van der Waals surface area contributed by atoms with Gasteiger partial charge in [0.05, 0.1) is 0 Å². The molecule has 0 unspecified atom stereocenters. The van der Waals surface area contributed by atoms with Crippen molar-refractivity contribution in [2.75, 3.05) is 32.7 Å². The maximum absolute atomic E-state index is 3.43. The molecule has 0 spiro atoms. The molecular formula is C22H46N2. The Morgan fingerprint density at radius 1 is 0.542 bits per heavy atom. The van der Waals surface area contributed by atoms with Gasteiger partial charge in [-0.1, -0.05) is 103 Å². The minimum Gasteiger partial charge on any atom is -0.314 e. The topological polar surface area (TPSA) is 15.3 Å². The largest absolute Gasteiger partial charge is 0.314 e. The summed E-state index contributed by atoms with van der Waals surface area (Å²) in [5, 5.41) is 3.43. The summed E-state index contributed by atoms with van der Waals surface area (Å²) in [6.45, 7) is 8.54. The lowest BCUT2D eigenvalue weighted by atomic mass is 10.0. The van der Waals surface area contributed by atoms with E-state index in [0.29, 0.717) is 0 Å². The number of nitrogens with one attached hydrogen (secondary N) is 1. The van der Waals surface area contributed by atoms with Crippen LogP contribution in [0.25, 0.3) is 0 Å². The van der Waals surface area contributed by atoms with Crippen molar-refractivity contribution >= 4 is 0 Å². The summed E-state index contributed by atoms with van der Waals surface area (Å²) in [5.74, 6) is 0. The van der Waals surface area contributed by atoms with Crippen molar-refractivity contribution in [3.63, 3.8) is 0 Å². The summed E-state index contributed by atoms with van der Waals surface area (Å²) in [4.78, 5) is 2.63. The first kappa shape index (κ1) is 22.0. The molecule has 0 aromatic carbocycles. The van der Waals surface area contributed by atoms with Crippen molar-refractivity contribution < 1.29 is 0 Å². The van der Waals surface area contributed by atoms with Gasteiger partial charge in [0, 0.05) is 26.2 Å². The molecule has 1 aliphatic heterocycles. The molecule has 0 atom stereocenters. The Balaban J connectivity index is 1.66. The van der Waals surface area contributed by atoms with E-state index in [9.17, 15) is 0 Å². The van der Waals surface area contributed by atoms with Crippen molar-refractivity contribution in [2.24, 2.45) is 0 Å². The van der Waals surface area contributed by atoms with Gasteiger partial charge in [-0.15, -0.1) is 0 Å². The van der Waals surface area contributed by atoms with Crippen LogP contribution in [0.5, 0.6) is 0 Å². The van der Waals surface area contributed by atoms with E-state index in [2.05, 4.69) is 17.1 Å². The second-order valence-electron chi connectivity index (χ2n) is 7.89. The van der Waals surface area contributed by atoms with Crippen molar-refractivity contribution in [3.8, 4) is 0 Å². The van der Waals surface area contributed by atoms with Gasteiger partial charge in [0.1, 0.15) is 0 Å². The zero-order valence-electron chi connectivity index (χ0n) is 16.8. The average molecular weight is 339 g/mol. The van der Waals surface area contributed by atoms with Gasteiger partial charge in [0.2, 0.25) is 0 Å². The molecule has 0 aromatic heterocycles. The summed E-state index contributed by atoms with van der Waals surface area (Å²) >= 11 is 0. The van der Waals surface area contributed by atoms with Gasteiger partial charge < -0.3 is 10.2 Å². The summed E-state index contributed by atoms with van der Waals surface area (Å²) in [6, 6.07) is 0. The first-order chi connectivity index (χ1) is 11.9. The van der Waals surface area contributed by atoms with E-state index in [1.807, 2.05) is 0 Å². The van der Waals surface area contributed by atoms with Gasteiger partial charge in [0.25, 0.3) is 0 Å². The molecule has 1 heterocycles. The molecule has 0 aromatic rings. The molecule has 0 aliphatic carbocycles. The predicted molar refractivity (Wildman–Crippen MR) is 109 cm³/mol. The third kappa shape index (κ3) is 14.3. The highest BCUT2D eigenvalue weighted by Crippen LogP contribution is 2.13. The molecule has 1 rings (SSSR count). The summed E-state index contributed by atoms with van der Waals surface area (Å²) in [7, 11) is 0. The fourth-order valence-corrected chi connectivity index (χ4v) is 3.82. The lowest BCUT2D eigenvalue weighted by Gasteiger charge is -2.27. The maximum atomic E-state index is 3.43. The molecule has 1 aliphatic rings. The van der Waals surface area contributed by atoms with Gasteiger partial charge in [-0.25, -0.2) is 0 Å². The van der Waals surface area contributed by atoms with E-state index in [4.69, 9.17) is 0 Å². The highest BCUT2D eigenvalue weighted by molar-refractivity contribution is 4.67. The molecule has 24 heavy (non-hydrogen) atoms. The van der Waals surface area contributed by atoms with Crippen LogP contribution in [-0.2, 0) is 0 Å². The van der Waals surface area contributed by atoms with Crippen molar-refractivity contribution in [2.45, 2.75) is 110 Å². The zero-order chi connectivity index (χ0) is 17.1. The number of hydrogen-bond donors (Lipinski definition) is 1. The fraction of sp³-hybridized carbons (Fsp3) is 1.00. The van der Waals surface area contributed by atoms with Crippen LogP contribution >= 0.6 is 0 Å². The van der Waals surface area contributed by atoms with Crippen LogP contribution in [0.1, 0.15) is 110 Å². The second-order valence-corrected chi connectivity index (χ2v) is 7.89. The summed E-state index contributed by atoms with van der Waals surface area (Å²) < 4.78 is 0. The average Bonchev–Trinajstić information content (AvgIpc) is 2.62. The lowest BCUT2D eigenvalue weighted by Crippen LogP contribution is -2.43. The number of nitrogens with zero attached hydrogens (tertiary/aromatic N) is 1. The van der Waals surface area contributed by atoms with Crippen LogP contribution in [0.4, 0.5) is 0 Å². The SMILES string of the molecule is CCCCCCCCCCCCCCCCCCN1CCNCC1. The smallest absolute Gasteiger partial charge is 0.0107 e. The Kier molecular flexibility index (Phi) is 16.2. The highest BCUT2D eigenvalue weighted by Gasteiger charge is 2.07. The second kappa shape index (κ2) is 17.7. The third-order valence-corrected chi connectivity index (χ3v) is 5.54. The van der Waals surface area contributed by atoms with Crippen LogP contribution < -0.4 is 5.32 Å². The first-order valence-corrected chi connectivity index (χ1v) is 11.4. The minimum atomic E-state index is 1.19. The van der Waals surface area contributed by atoms with E-state index >= 15 is 0 Å². The van der Waals surface area contributed by atoms with Crippen LogP contribution in [0.2, 0.25) is 0 Å². The Hall–Kier alpha value is -0.0800. The van der Waals surface area contributed by atoms with Gasteiger partial charge in [-0.3, -0.25) is 0 Å². The number of piperazine rings is 1. The van der Waals surface area contributed by atoms with E-state index in [0.717, 1.165) is 0 Å². The van der Waals surface area contributed by atoms with Crippen molar-refractivity contribution in [1.29, 1.82) is 0 Å². The Bertz CT molecular complexity index is 236. The normalized spacial score (nSPS) is 15.9. The van der Waals surface area contributed by atoms with Gasteiger partial charge in [0.15, 0.2) is 0 Å². The molecule has 2 heteroatoms. The van der Waals surface area contributed by atoms with Gasteiger partial charge in [-0.05, 0) is 13.0 Å². The van der Waals surface area contributed by atoms with Crippen LogP contribution in [0.15, 0.2) is 0 Å². The third-order valence-electron chi connectivity index (χ3n) is 5.54. The molecule has 0 bridgehead atoms. The summed E-state index contributed by atoms with van der Waals surface area (Å²) in [6.07, 6.45) is 23.4. The standard InChI is InChI=1S/C22H46N2/c1-2-3-4-5-6-7-8-9-10-11-12-13-14-15-16-17-20-24-21-18-23-19-22-24/h23H,2-22H2,1H3. The van der Waals surface area contributed by atoms with Crippen molar-refractivity contribution in [1.82, 2.24) is 10.2 Å².